The number of carbonyl (C=O) groups is 2. The van der Waals surface area contributed by atoms with Gasteiger partial charge in [0.05, 0.1) is 7.11 Å². The lowest BCUT2D eigenvalue weighted by atomic mass is 9.46. The van der Waals surface area contributed by atoms with E-state index in [0.29, 0.717) is 18.8 Å². The molecule has 4 unspecified atom stereocenters. The van der Waals surface area contributed by atoms with Crippen molar-refractivity contribution in [2.24, 2.45) is 17.3 Å². The van der Waals surface area contributed by atoms with Crippen LogP contribution in [0, 0.1) is 17.3 Å². The first kappa shape index (κ1) is 19.6. The van der Waals surface area contributed by atoms with Crippen LogP contribution in [0.25, 0.3) is 0 Å². The van der Waals surface area contributed by atoms with E-state index in [2.05, 4.69) is 40.7 Å². The molecule has 3 amide bonds. The van der Waals surface area contributed by atoms with Crippen LogP contribution in [0.2, 0.25) is 0 Å². The highest BCUT2D eigenvalue weighted by Gasteiger charge is 2.64. The van der Waals surface area contributed by atoms with Gasteiger partial charge in [0.15, 0.2) is 0 Å². The molecule has 2 bridgehead atoms. The largest absolute Gasteiger partial charge is 0.497 e. The van der Waals surface area contributed by atoms with Crippen molar-refractivity contribution in [2.45, 2.75) is 62.8 Å². The van der Waals surface area contributed by atoms with Crippen LogP contribution in [0.4, 0.5) is 4.79 Å². The minimum Gasteiger partial charge on any atom is -0.497 e. The molecular weight excluding hydrogens is 390 g/mol. The highest BCUT2D eigenvalue weighted by molar-refractivity contribution is 6.07. The van der Waals surface area contributed by atoms with Crippen molar-refractivity contribution >= 4 is 11.9 Å². The summed E-state index contributed by atoms with van der Waals surface area (Å²) < 4.78 is 5.64. The van der Waals surface area contributed by atoms with Crippen molar-refractivity contribution in [3.05, 3.63) is 29.3 Å². The molecule has 4 fully saturated rings. The number of benzene rings is 1. The molecular formula is C25H33N3O3. The van der Waals surface area contributed by atoms with E-state index in [9.17, 15) is 9.59 Å². The first-order valence-corrected chi connectivity index (χ1v) is 11.9. The maximum atomic E-state index is 13.0. The van der Waals surface area contributed by atoms with Crippen molar-refractivity contribution in [2.75, 3.05) is 26.7 Å². The number of urea groups is 1. The Balaban J connectivity index is 1.50. The lowest BCUT2D eigenvalue weighted by Gasteiger charge is -2.58. The number of hydrogen-bond donors (Lipinski definition) is 2. The summed E-state index contributed by atoms with van der Waals surface area (Å²) in [6, 6.07) is 6.21. The molecule has 1 aromatic rings. The van der Waals surface area contributed by atoms with Crippen LogP contribution in [0.3, 0.4) is 0 Å². The second kappa shape index (κ2) is 6.47. The molecule has 0 aromatic heterocycles. The summed E-state index contributed by atoms with van der Waals surface area (Å²) in [5, 5.41) is 5.59. The molecule has 4 atom stereocenters. The fourth-order valence-corrected chi connectivity index (χ4v) is 7.49. The number of nitrogens with zero attached hydrogens (tertiary/aromatic N) is 1. The molecule has 6 heteroatoms. The molecule has 2 N–H and O–H groups in total. The Morgan fingerprint density at radius 3 is 2.77 bits per heavy atom. The van der Waals surface area contributed by atoms with Gasteiger partial charge in [-0.1, -0.05) is 13.0 Å². The SMILES string of the molecule is COc1ccc2c(c1)C13CC(C2)CN(CC2CC2)CC1(C)CCC1(C3)NC(=O)NC1=O. The third kappa shape index (κ3) is 2.86. The number of likely N-dealkylation sites (tertiary alicyclic amines) is 1. The first-order valence-electron chi connectivity index (χ1n) is 11.9. The normalized spacial score (nSPS) is 39.4. The minimum atomic E-state index is -0.787. The number of rotatable bonds is 3. The van der Waals surface area contributed by atoms with Gasteiger partial charge in [-0.05, 0) is 85.5 Å². The molecule has 2 saturated carbocycles. The Bertz CT molecular complexity index is 959. The summed E-state index contributed by atoms with van der Waals surface area (Å²) >= 11 is 0. The second-order valence-electron chi connectivity index (χ2n) is 11.2. The standard InChI is InChI=1S/C25H33N3O3/c1-23-7-8-25(21(29)26-22(30)27-25)14-24(23)11-17(13-28(15-23)12-16-3-4-16)9-18-5-6-19(31-2)10-20(18)24/h5-6,10,16-17H,3-4,7-9,11-15H2,1-2H3,(H2,26,27,29,30). The van der Waals surface area contributed by atoms with E-state index in [1.54, 1.807) is 7.11 Å². The molecule has 5 aliphatic rings. The van der Waals surface area contributed by atoms with Crippen LogP contribution >= 0.6 is 0 Å². The number of imide groups is 1. The predicted molar refractivity (Wildman–Crippen MR) is 117 cm³/mol. The quantitative estimate of drug-likeness (QED) is 0.734. The Morgan fingerprint density at radius 1 is 1.23 bits per heavy atom. The van der Waals surface area contributed by atoms with E-state index in [-0.39, 0.29) is 22.8 Å². The van der Waals surface area contributed by atoms with Gasteiger partial charge in [-0.3, -0.25) is 10.1 Å². The number of fused-ring (bicyclic) bond motifs is 2. The molecule has 1 aromatic carbocycles. The number of carbonyl (C=O) groups excluding carboxylic acids is 2. The van der Waals surface area contributed by atoms with Gasteiger partial charge in [-0.15, -0.1) is 0 Å². The smallest absolute Gasteiger partial charge is 0.322 e. The summed E-state index contributed by atoms with van der Waals surface area (Å²) in [6.07, 6.45) is 7.24. The summed E-state index contributed by atoms with van der Waals surface area (Å²) in [7, 11) is 1.72. The fraction of sp³-hybridized carbons (Fsp3) is 0.680. The van der Waals surface area contributed by atoms with Gasteiger partial charge >= 0.3 is 6.03 Å². The van der Waals surface area contributed by atoms with Gasteiger partial charge in [0.25, 0.3) is 5.91 Å². The van der Waals surface area contributed by atoms with Crippen molar-refractivity contribution in [3.8, 4) is 5.75 Å². The molecule has 6 rings (SSSR count). The number of hydrogen-bond acceptors (Lipinski definition) is 4. The van der Waals surface area contributed by atoms with Crippen LogP contribution in [-0.2, 0) is 16.6 Å². The molecule has 2 heterocycles. The third-order valence-electron chi connectivity index (χ3n) is 9.16. The van der Waals surface area contributed by atoms with Crippen LogP contribution in [0.5, 0.6) is 5.75 Å². The van der Waals surface area contributed by atoms with Gasteiger partial charge in [0.2, 0.25) is 0 Å². The van der Waals surface area contributed by atoms with Gasteiger partial charge in [-0.2, -0.15) is 0 Å². The van der Waals surface area contributed by atoms with E-state index >= 15 is 0 Å². The van der Waals surface area contributed by atoms with E-state index in [1.165, 1.54) is 30.5 Å². The molecule has 3 aliphatic carbocycles. The molecule has 166 valence electrons. The zero-order valence-corrected chi connectivity index (χ0v) is 18.6. The molecule has 31 heavy (non-hydrogen) atoms. The number of nitrogens with one attached hydrogen (secondary N) is 2. The van der Waals surface area contributed by atoms with Crippen LogP contribution in [0.15, 0.2) is 18.2 Å². The average molecular weight is 424 g/mol. The minimum absolute atomic E-state index is 0.0526. The number of methoxy groups -OCH3 is 1. The Labute approximate surface area is 184 Å². The predicted octanol–water partition coefficient (Wildman–Crippen LogP) is 2.99. The Morgan fingerprint density at radius 2 is 2.06 bits per heavy atom. The van der Waals surface area contributed by atoms with Crippen molar-refractivity contribution in [3.63, 3.8) is 0 Å². The maximum absolute atomic E-state index is 13.0. The van der Waals surface area contributed by atoms with Gasteiger partial charge in [0.1, 0.15) is 11.3 Å². The van der Waals surface area contributed by atoms with Crippen molar-refractivity contribution in [1.29, 1.82) is 0 Å². The summed E-state index contributed by atoms with van der Waals surface area (Å²) in [5.41, 5.74) is 1.87. The first-order chi connectivity index (χ1) is 14.8. The van der Waals surface area contributed by atoms with Crippen LogP contribution in [-0.4, -0.2) is 49.1 Å². The summed E-state index contributed by atoms with van der Waals surface area (Å²) in [6.45, 7) is 5.88. The molecule has 0 radical (unpaired) electrons. The third-order valence-corrected chi connectivity index (χ3v) is 9.16. The average Bonchev–Trinajstić information content (AvgIpc) is 3.50. The van der Waals surface area contributed by atoms with E-state index < -0.39 is 5.54 Å². The number of ether oxygens (including phenoxy) is 1. The van der Waals surface area contributed by atoms with Crippen molar-refractivity contribution in [1.82, 2.24) is 15.5 Å². The van der Waals surface area contributed by atoms with Gasteiger partial charge in [0, 0.05) is 25.0 Å². The topological polar surface area (TPSA) is 70.7 Å². The van der Waals surface area contributed by atoms with Crippen LogP contribution < -0.4 is 15.4 Å². The molecule has 2 spiro atoms. The highest BCUT2D eigenvalue weighted by atomic mass is 16.5. The second-order valence-corrected chi connectivity index (χ2v) is 11.2. The molecule has 2 aliphatic heterocycles. The Kier molecular flexibility index (Phi) is 4.09. The highest BCUT2D eigenvalue weighted by Crippen LogP contribution is 2.62. The maximum Gasteiger partial charge on any atom is 0.322 e. The summed E-state index contributed by atoms with van der Waals surface area (Å²) in [5.74, 6) is 2.19. The number of amides is 3. The van der Waals surface area contributed by atoms with Gasteiger partial charge in [-0.25, -0.2) is 4.79 Å². The molecule has 2 saturated heterocycles. The monoisotopic (exact) mass is 423 g/mol. The van der Waals surface area contributed by atoms with Crippen molar-refractivity contribution < 1.29 is 14.3 Å². The zero-order chi connectivity index (χ0) is 21.4. The molecule has 6 nitrogen and oxygen atoms in total. The lowest BCUT2D eigenvalue weighted by Crippen LogP contribution is -2.63. The summed E-state index contributed by atoms with van der Waals surface area (Å²) in [4.78, 5) is 27.9. The van der Waals surface area contributed by atoms with Crippen LogP contribution in [0.1, 0.15) is 56.6 Å². The zero-order valence-electron chi connectivity index (χ0n) is 18.6. The van der Waals surface area contributed by atoms with Gasteiger partial charge < -0.3 is 15.0 Å². The van der Waals surface area contributed by atoms with E-state index in [1.807, 2.05) is 0 Å². The van der Waals surface area contributed by atoms with E-state index in [0.717, 1.165) is 44.0 Å². The van der Waals surface area contributed by atoms with E-state index in [4.69, 9.17) is 4.74 Å². The Hall–Kier alpha value is -2.08. The lowest BCUT2D eigenvalue weighted by molar-refractivity contribution is -0.128. The fourth-order valence-electron chi connectivity index (χ4n) is 7.49.